The smallest absolute Gasteiger partial charge is 0.267 e. The van der Waals surface area contributed by atoms with Crippen molar-refractivity contribution in [2.75, 3.05) is 12.4 Å². The third-order valence-corrected chi connectivity index (χ3v) is 5.17. The zero-order valence-electron chi connectivity index (χ0n) is 16.4. The van der Waals surface area contributed by atoms with Gasteiger partial charge in [0.25, 0.3) is 5.56 Å². The van der Waals surface area contributed by atoms with E-state index in [0.717, 1.165) is 42.8 Å². The predicted octanol–water partition coefficient (Wildman–Crippen LogP) is 2.84. The van der Waals surface area contributed by atoms with Crippen molar-refractivity contribution >= 4 is 5.82 Å². The van der Waals surface area contributed by atoms with E-state index in [4.69, 9.17) is 4.74 Å². The molecule has 3 aromatic heterocycles. The van der Waals surface area contributed by atoms with Gasteiger partial charge in [-0.1, -0.05) is 0 Å². The highest BCUT2D eigenvalue weighted by Gasteiger charge is 2.24. The summed E-state index contributed by atoms with van der Waals surface area (Å²) in [6.07, 6.45) is 8.87. The fraction of sp³-hybridized carbons (Fsp3) is 0.381. The molecular formula is C21H24N6O2. The second-order valence-corrected chi connectivity index (χ2v) is 7.18. The lowest BCUT2D eigenvalue weighted by atomic mass is 9.91. The van der Waals surface area contributed by atoms with E-state index in [2.05, 4.69) is 25.4 Å². The summed E-state index contributed by atoms with van der Waals surface area (Å²) < 4.78 is 6.74. The van der Waals surface area contributed by atoms with Crippen LogP contribution in [0, 0.1) is 0 Å². The number of hydrogen-bond acceptors (Lipinski definition) is 7. The molecule has 0 radical (unpaired) electrons. The van der Waals surface area contributed by atoms with Crippen molar-refractivity contribution < 1.29 is 4.74 Å². The molecule has 1 aliphatic rings. The number of aromatic nitrogens is 5. The molecule has 8 heteroatoms. The maximum Gasteiger partial charge on any atom is 0.267 e. The zero-order valence-corrected chi connectivity index (χ0v) is 16.4. The Bertz CT molecular complexity index is 999. The molecule has 1 saturated carbocycles. The van der Waals surface area contributed by atoms with Crippen LogP contribution in [0.1, 0.15) is 37.5 Å². The van der Waals surface area contributed by atoms with E-state index in [1.165, 1.54) is 0 Å². The lowest BCUT2D eigenvalue weighted by Gasteiger charge is -2.30. The fourth-order valence-electron chi connectivity index (χ4n) is 3.72. The van der Waals surface area contributed by atoms with Crippen LogP contribution < -0.4 is 10.9 Å². The summed E-state index contributed by atoms with van der Waals surface area (Å²) in [6.45, 7) is 0.394. The van der Waals surface area contributed by atoms with Gasteiger partial charge in [-0.2, -0.15) is 5.10 Å². The SMILES string of the molecule is COCc1nccc(NC2CCC(n3nc(-c4ccncc4)ccc3=O)CC2)n1. The first-order valence-electron chi connectivity index (χ1n) is 9.80. The maximum absolute atomic E-state index is 12.4. The second-order valence-electron chi connectivity index (χ2n) is 7.18. The molecule has 1 N–H and O–H groups in total. The summed E-state index contributed by atoms with van der Waals surface area (Å²) in [5.74, 6) is 1.47. The Hall–Kier alpha value is -3.13. The first-order valence-corrected chi connectivity index (χ1v) is 9.80. The predicted molar refractivity (Wildman–Crippen MR) is 109 cm³/mol. The third-order valence-electron chi connectivity index (χ3n) is 5.17. The summed E-state index contributed by atoms with van der Waals surface area (Å²) in [7, 11) is 1.63. The van der Waals surface area contributed by atoms with Gasteiger partial charge in [0.1, 0.15) is 12.4 Å². The summed E-state index contributed by atoms with van der Waals surface area (Å²) in [5.41, 5.74) is 1.69. The number of nitrogens with one attached hydrogen (secondary N) is 1. The molecule has 8 nitrogen and oxygen atoms in total. The Kier molecular flexibility index (Phi) is 5.90. The minimum atomic E-state index is -0.0563. The molecule has 29 heavy (non-hydrogen) atoms. The van der Waals surface area contributed by atoms with E-state index >= 15 is 0 Å². The number of pyridine rings is 1. The second kappa shape index (κ2) is 8.91. The molecule has 0 unspecified atom stereocenters. The Morgan fingerprint density at radius 3 is 2.62 bits per heavy atom. The number of rotatable bonds is 6. The number of anilines is 1. The molecule has 150 valence electrons. The summed E-state index contributed by atoms with van der Waals surface area (Å²) in [6, 6.07) is 9.47. The molecule has 0 saturated heterocycles. The van der Waals surface area contributed by atoms with Gasteiger partial charge in [-0.05, 0) is 49.9 Å². The van der Waals surface area contributed by atoms with Gasteiger partial charge < -0.3 is 10.1 Å². The quantitative estimate of drug-likeness (QED) is 0.689. The lowest BCUT2D eigenvalue weighted by Crippen LogP contribution is -2.33. The van der Waals surface area contributed by atoms with Crippen LogP contribution in [0.5, 0.6) is 0 Å². The highest BCUT2D eigenvalue weighted by Crippen LogP contribution is 2.29. The molecule has 0 bridgehead atoms. The molecule has 0 atom stereocenters. The number of hydrogen-bond donors (Lipinski definition) is 1. The monoisotopic (exact) mass is 392 g/mol. The van der Waals surface area contributed by atoms with Crippen molar-refractivity contribution in [1.82, 2.24) is 24.7 Å². The van der Waals surface area contributed by atoms with Gasteiger partial charge in [-0.25, -0.2) is 14.6 Å². The largest absolute Gasteiger partial charge is 0.377 e. The van der Waals surface area contributed by atoms with Crippen molar-refractivity contribution in [3.8, 4) is 11.3 Å². The van der Waals surface area contributed by atoms with Crippen LogP contribution in [-0.2, 0) is 11.3 Å². The molecule has 1 aliphatic carbocycles. The van der Waals surface area contributed by atoms with E-state index in [-0.39, 0.29) is 11.6 Å². The van der Waals surface area contributed by atoms with Gasteiger partial charge in [-0.15, -0.1) is 0 Å². The highest BCUT2D eigenvalue weighted by molar-refractivity contribution is 5.57. The Morgan fingerprint density at radius 2 is 1.86 bits per heavy atom. The van der Waals surface area contributed by atoms with Gasteiger partial charge in [0.15, 0.2) is 5.82 Å². The molecular weight excluding hydrogens is 368 g/mol. The molecule has 3 heterocycles. The molecule has 0 aromatic carbocycles. The summed E-state index contributed by atoms with van der Waals surface area (Å²) in [4.78, 5) is 25.1. The van der Waals surface area contributed by atoms with Crippen molar-refractivity contribution in [3.63, 3.8) is 0 Å². The third kappa shape index (κ3) is 4.65. The van der Waals surface area contributed by atoms with Gasteiger partial charge in [0, 0.05) is 43.4 Å². The average molecular weight is 392 g/mol. The van der Waals surface area contributed by atoms with Crippen LogP contribution in [0.25, 0.3) is 11.3 Å². The van der Waals surface area contributed by atoms with Crippen LogP contribution >= 0.6 is 0 Å². The van der Waals surface area contributed by atoms with Gasteiger partial charge >= 0.3 is 0 Å². The highest BCUT2D eigenvalue weighted by atomic mass is 16.5. The standard InChI is InChI=1S/C21H24N6O2/c1-29-14-20-23-13-10-19(25-20)24-16-2-4-17(5-3-16)27-21(28)7-6-18(26-27)15-8-11-22-12-9-15/h6-13,16-17H,2-5,14H2,1H3,(H,23,24,25). The molecule has 0 amide bonds. The van der Waals surface area contributed by atoms with Crippen LogP contribution in [0.3, 0.4) is 0 Å². The van der Waals surface area contributed by atoms with Gasteiger partial charge in [0.05, 0.1) is 11.7 Å². The Morgan fingerprint density at radius 1 is 1.07 bits per heavy atom. The van der Waals surface area contributed by atoms with E-state index < -0.39 is 0 Å². The minimum Gasteiger partial charge on any atom is -0.377 e. The number of ether oxygens (including phenoxy) is 1. The topological polar surface area (TPSA) is 94.8 Å². The van der Waals surface area contributed by atoms with Crippen LogP contribution in [-0.4, -0.2) is 37.9 Å². The average Bonchev–Trinajstić information content (AvgIpc) is 2.76. The molecule has 0 spiro atoms. The van der Waals surface area contributed by atoms with E-state index in [1.807, 2.05) is 18.2 Å². The van der Waals surface area contributed by atoms with Gasteiger partial charge in [0.2, 0.25) is 0 Å². The Balaban J connectivity index is 1.42. The van der Waals surface area contributed by atoms with Crippen molar-refractivity contribution in [2.24, 2.45) is 0 Å². The van der Waals surface area contributed by atoms with Gasteiger partial charge in [-0.3, -0.25) is 9.78 Å². The molecule has 3 aromatic rings. The summed E-state index contributed by atoms with van der Waals surface area (Å²) >= 11 is 0. The first kappa shape index (κ1) is 19.2. The molecule has 0 aliphatic heterocycles. The number of methoxy groups -OCH3 is 1. The lowest BCUT2D eigenvalue weighted by molar-refractivity contribution is 0.178. The minimum absolute atomic E-state index is 0.0563. The molecule has 1 fully saturated rings. The van der Waals surface area contributed by atoms with Crippen LogP contribution in [0.2, 0.25) is 0 Å². The normalized spacial score (nSPS) is 19.1. The first-order chi connectivity index (χ1) is 14.2. The van der Waals surface area contributed by atoms with Crippen molar-refractivity contribution in [1.29, 1.82) is 0 Å². The zero-order chi connectivity index (χ0) is 20.1. The molecule has 4 rings (SSSR count). The Labute approximate surface area is 169 Å². The van der Waals surface area contributed by atoms with E-state index in [9.17, 15) is 4.79 Å². The van der Waals surface area contributed by atoms with E-state index in [0.29, 0.717) is 18.5 Å². The fourth-order valence-corrected chi connectivity index (χ4v) is 3.72. The maximum atomic E-state index is 12.4. The summed E-state index contributed by atoms with van der Waals surface area (Å²) in [5, 5.41) is 8.11. The van der Waals surface area contributed by atoms with Crippen molar-refractivity contribution in [2.45, 2.75) is 44.4 Å². The number of nitrogens with zero attached hydrogens (tertiary/aromatic N) is 5. The van der Waals surface area contributed by atoms with E-state index in [1.54, 1.807) is 42.5 Å². The van der Waals surface area contributed by atoms with Crippen LogP contribution in [0.15, 0.2) is 53.7 Å². The van der Waals surface area contributed by atoms with Crippen LogP contribution in [0.4, 0.5) is 5.82 Å². The van der Waals surface area contributed by atoms with Crippen molar-refractivity contribution in [3.05, 3.63) is 65.1 Å².